The Labute approximate surface area is 204 Å². The molecule has 0 saturated heterocycles. The molecule has 34 heavy (non-hydrogen) atoms. The van der Waals surface area contributed by atoms with Gasteiger partial charge in [-0.25, -0.2) is 4.98 Å². The molecule has 1 amide bonds. The first-order valence-electron chi connectivity index (χ1n) is 11.2. The number of nitrogens with one attached hydrogen (secondary N) is 2. The van der Waals surface area contributed by atoms with Gasteiger partial charge in [0.25, 0.3) is 11.6 Å². The normalized spacial score (nSPS) is 10.6. The number of carbonyl (C=O) groups is 1. The van der Waals surface area contributed by atoms with E-state index in [1.54, 1.807) is 12.1 Å². The Kier molecular flexibility index (Phi) is 8.76. The standard InChI is InChI=1S/C26H26N4O3.ClH/c31-26(21-13-5-8-16-24(21)30(32)33)28-18-10-2-1-9-17-27-25-19-11-3-6-14-22(19)29-23-15-7-4-12-20(23)25;/h3-8,11-16H,1-2,9-10,17-18H2,(H,27,29)(H,28,31);1H. The third-order valence-corrected chi connectivity index (χ3v) is 5.62. The van der Waals surface area contributed by atoms with E-state index in [0.29, 0.717) is 6.54 Å². The van der Waals surface area contributed by atoms with E-state index < -0.39 is 10.8 Å². The fraction of sp³-hybridized carbons (Fsp3) is 0.231. The lowest BCUT2D eigenvalue weighted by Gasteiger charge is -2.13. The Balaban J connectivity index is 0.00000324. The van der Waals surface area contributed by atoms with Crippen LogP contribution in [-0.2, 0) is 0 Å². The number of aromatic nitrogens is 1. The predicted octanol–water partition coefficient (Wildman–Crippen LogP) is 6.12. The van der Waals surface area contributed by atoms with Crippen molar-refractivity contribution in [2.24, 2.45) is 0 Å². The minimum absolute atomic E-state index is 0. The minimum atomic E-state index is -0.531. The third-order valence-electron chi connectivity index (χ3n) is 5.62. The molecule has 0 atom stereocenters. The maximum Gasteiger partial charge on any atom is 0.282 e. The van der Waals surface area contributed by atoms with Crippen LogP contribution in [0.3, 0.4) is 0 Å². The van der Waals surface area contributed by atoms with Crippen molar-refractivity contribution in [3.05, 3.63) is 88.5 Å². The quantitative estimate of drug-likeness (QED) is 0.124. The summed E-state index contributed by atoms with van der Waals surface area (Å²) in [5.41, 5.74) is 3.01. The zero-order chi connectivity index (χ0) is 23.0. The summed E-state index contributed by atoms with van der Waals surface area (Å²) in [6.07, 6.45) is 3.82. The molecular weight excluding hydrogens is 452 g/mol. The highest BCUT2D eigenvalue weighted by atomic mass is 35.5. The van der Waals surface area contributed by atoms with E-state index in [2.05, 4.69) is 22.8 Å². The molecule has 0 unspecified atom stereocenters. The first kappa shape index (κ1) is 24.9. The number of hydrogen-bond acceptors (Lipinski definition) is 5. The van der Waals surface area contributed by atoms with Crippen molar-refractivity contribution in [1.29, 1.82) is 0 Å². The molecule has 4 aromatic rings. The molecule has 0 bridgehead atoms. The highest BCUT2D eigenvalue weighted by Gasteiger charge is 2.18. The summed E-state index contributed by atoms with van der Waals surface area (Å²) in [5.74, 6) is -0.402. The molecule has 0 fully saturated rings. The summed E-state index contributed by atoms with van der Waals surface area (Å²) in [6.45, 7) is 1.35. The molecule has 0 saturated carbocycles. The molecule has 176 valence electrons. The maximum atomic E-state index is 12.2. The van der Waals surface area contributed by atoms with Gasteiger partial charge in [-0.3, -0.25) is 14.9 Å². The van der Waals surface area contributed by atoms with E-state index in [1.807, 2.05) is 36.4 Å². The molecule has 0 spiro atoms. The van der Waals surface area contributed by atoms with Crippen molar-refractivity contribution < 1.29 is 9.72 Å². The highest BCUT2D eigenvalue weighted by molar-refractivity contribution is 6.07. The van der Waals surface area contributed by atoms with E-state index in [4.69, 9.17) is 4.98 Å². The Hall–Kier alpha value is -3.71. The largest absolute Gasteiger partial charge is 0.384 e. The number of nitro groups is 1. The Bertz CT molecular complexity index is 1240. The summed E-state index contributed by atoms with van der Waals surface area (Å²) < 4.78 is 0. The SMILES string of the molecule is Cl.O=C(NCCCCCCNc1c2ccccc2nc2ccccc12)c1ccccc1[N+](=O)[O-]. The van der Waals surface area contributed by atoms with Gasteiger partial charge in [-0.2, -0.15) is 0 Å². The molecule has 8 heteroatoms. The summed E-state index contributed by atoms with van der Waals surface area (Å²) >= 11 is 0. The number of halogens is 1. The Morgan fingerprint density at radius 1 is 0.794 bits per heavy atom. The lowest BCUT2D eigenvalue weighted by molar-refractivity contribution is -0.385. The molecule has 0 aliphatic carbocycles. The van der Waals surface area contributed by atoms with Crippen molar-refractivity contribution in [3.63, 3.8) is 0 Å². The van der Waals surface area contributed by atoms with Gasteiger partial charge in [-0.1, -0.05) is 61.4 Å². The number of carbonyl (C=O) groups excluding carboxylic acids is 1. The van der Waals surface area contributed by atoms with Crippen molar-refractivity contribution in [2.45, 2.75) is 25.7 Å². The Morgan fingerprint density at radius 3 is 2.00 bits per heavy atom. The number of fused-ring (bicyclic) bond motifs is 2. The van der Waals surface area contributed by atoms with Gasteiger partial charge >= 0.3 is 0 Å². The van der Waals surface area contributed by atoms with E-state index >= 15 is 0 Å². The molecule has 7 nitrogen and oxygen atoms in total. The van der Waals surface area contributed by atoms with Crippen molar-refractivity contribution >= 4 is 51.5 Å². The molecule has 3 aromatic carbocycles. The number of nitrogens with zero attached hydrogens (tertiary/aromatic N) is 2. The summed E-state index contributed by atoms with van der Waals surface area (Å²) in [7, 11) is 0. The van der Waals surface area contributed by atoms with Crippen LogP contribution in [0.25, 0.3) is 21.8 Å². The van der Waals surface area contributed by atoms with Crippen LogP contribution in [0.15, 0.2) is 72.8 Å². The molecule has 4 rings (SSSR count). The van der Waals surface area contributed by atoms with Crippen LogP contribution >= 0.6 is 12.4 Å². The van der Waals surface area contributed by atoms with Crippen LogP contribution in [0.1, 0.15) is 36.0 Å². The monoisotopic (exact) mass is 478 g/mol. The average Bonchev–Trinajstić information content (AvgIpc) is 2.84. The third kappa shape index (κ3) is 5.80. The van der Waals surface area contributed by atoms with Crippen LogP contribution in [0.4, 0.5) is 11.4 Å². The summed E-state index contributed by atoms with van der Waals surface area (Å²) in [4.78, 5) is 27.5. The molecule has 0 radical (unpaired) electrons. The molecule has 1 aromatic heterocycles. The lowest BCUT2D eigenvalue weighted by atomic mass is 10.1. The topological polar surface area (TPSA) is 97.2 Å². The molecule has 2 N–H and O–H groups in total. The molecule has 0 aliphatic heterocycles. The maximum absolute atomic E-state index is 12.2. The van der Waals surface area contributed by atoms with Crippen LogP contribution in [0.2, 0.25) is 0 Å². The van der Waals surface area contributed by atoms with Gasteiger partial charge < -0.3 is 10.6 Å². The van der Waals surface area contributed by atoms with Crippen molar-refractivity contribution in [2.75, 3.05) is 18.4 Å². The zero-order valence-corrected chi connectivity index (χ0v) is 19.5. The molecule has 1 heterocycles. The van der Waals surface area contributed by atoms with Crippen LogP contribution < -0.4 is 10.6 Å². The Morgan fingerprint density at radius 2 is 1.35 bits per heavy atom. The van der Waals surface area contributed by atoms with Gasteiger partial charge in [0.2, 0.25) is 0 Å². The second-order valence-corrected chi connectivity index (χ2v) is 7.89. The van der Waals surface area contributed by atoms with Gasteiger partial charge in [0.05, 0.1) is 21.6 Å². The number of para-hydroxylation sites is 3. The molecular formula is C26H27ClN4O3. The number of unbranched alkanes of at least 4 members (excludes halogenated alkanes) is 3. The van der Waals surface area contributed by atoms with Gasteiger partial charge in [-0.15, -0.1) is 12.4 Å². The van der Waals surface area contributed by atoms with Crippen LogP contribution in [0, 0.1) is 10.1 Å². The summed E-state index contributed by atoms with van der Waals surface area (Å²) in [6, 6.07) is 22.3. The number of hydrogen-bond donors (Lipinski definition) is 2. The summed E-state index contributed by atoms with van der Waals surface area (Å²) in [5, 5.41) is 19.7. The first-order valence-corrected chi connectivity index (χ1v) is 11.2. The number of benzene rings is 3. The number of pyridine rings is 1. The van der Waals surface area contributed by atoms with Gasteiger partial charge in [0.15, 0.2) is 0 Å². The number of nitro benzene ring substituents is 1. The van der Waals surface area contributed by atoms with E-state index in [-0.39, 0.29) is 23.7 Å². The molecule has 0 aliphatic rings. The first-order chi connectivity index (χ1) is 16.1. The smallest absolute Gasteiger partial charge is 0.282 e. The fourth-order valence-corrected chi connectivity index (χ4v) is 3.97. The minimum Gasteiger partial charge on any atom is -0.384 e. The van der Waals surface area contributed by atoms with Crippen molar-refractivity contribution in [1.82, 2.24) is 10.3 Å². The second kappa shape index (κ2) is 12.0. The van der Waals surface area contributed by atoms with Crippen molar-refractivity contribution in [3.8, 4) is 0 Å². The fourth-order valence-electron chi connectivity index (χ4n) is 3.97. The van der Waals surface area contributed by atoms with Gasteiger partial charge in [0.1, 0.15) is 5.56 Å². The van der Waals surface area contributed by atoms with E-state index in [0.717, 1.165) is 59.7 Å². The number of rotatable bonds is 10. The lowest BCUT2D eigenvalue weighted by Crippen LogP contribution is -2.25. The predicted molar refractivity (Wildman–Crippen MR) is 139 cm³/mol. The zero-order valence-electron chi connectivity index (χ0n) is 18.7. The number of amides is 1. The second-order valence-electron chi connectivity index (χ2n) is 7.89. The van der Waals surface area contributed by atoms with Crippen LogP contribution in [0.5, 0.6) is 0 Å². The van der Waals surface area contributed by atoms with Gasteiger partial charge in [-0.05, 0) is 31.0 Å². The van der Waals surface area contributed by atoms with E-state index in [1.165, 1.54) is 12.1 Å². The van der Waals surface area contributed by atoms with E-state index in [9.17, 15) is 14.9 Å². The van der Waals surface area contributed by atoms with Crippen LogP contribution in [-0.4, -0.2) is 28.9 Å². The highest BCUT2D eigenvalue weighted by Crippen LogP contribution is 2.30. The average molecular weight is 479 g/mol. The van der Waals surface area contributed by atoms with Gasteiger partial charge in [0, 0.05) is 29.9 Å². The number of anilines is 1.